The molecule has 1 aromatic rings. The van der Waals surface area contributed by atoms with E-state index in [0.29, 0.717) is 0 Å². The lowest BCUT2D eigenvalue weighted by atomic mass is 9.89. The highest BCUT2D eigenvalue weighted by molar-refractivity contribution is 5.11. The summed E-state index contributed by atoms with van der Waals surface area (Å²) in [6.45, 7) is 6.26. The third-order valence-electron chi connectivity index (χ3n) is 2.03. The minimum atomic E-state index is -0.0687. The number of hydrogen-bond donors (Lipinski definition) is 1. The van der Waals surface area contributed by atoms with Crippen LogP contribution in [-0.4, -0.2) is 16.7 Å². The largest absolute Gasteiger partial charge is 0.396 e. The van der Waals surface area contributed by atoms with E-state index in [2.05, 4.69) is 4.98 Å². The van der Waals surface area contributed by atoms with Crippen LogP contribution < -0.4 is 0 Å². The molecule has 2 heteroatoms. The third kappa shape index (κ3) is 3.15. The summed E-state index contributed by atoms with van der Waals surface area (Å²) >= 11 is 0. The van der Waals surface area contributed by atoms with Crippen molar-refractivity contribution in [1.82, 2.24) is 4.98 Å². The van der Waals surface area contributed by atoms with Crippen LogP contribution in [0.2, 0.25) is 0 Å². The molecule has 0 spiro atoms. The zero-order valence-corrected chi connectivity index (χ0v) is 8.54. The summed E-state index contributed by atoms with van der Waals surface area (Å²) in [7, 11) is 0. The summed E-state index contributed by atoms with van der Waals surface area (Å²) in [6.07, 6.45) is 0.825. The molecule has 1 heterocycles. The number of aliphatic hydroxyl groups excluding tert-OH is 1. The van der Waals surface area contributed by atoms with Crippen LogP contribution in [0.25, 0.3) is 0 Å². The summed E-state index contributed by atoms with van der Waals surface area (Å²) in [5, 5.41) is 9.10. The fourth-order valence-electron chi connectivity index (χ4n) is 1.24. The molecule has 0 saturated carbocycles. The monoisotopic (exact) mass is 179 g/mol. The van der Waals surface area contributed by atoms with Gasteiger partial charge >= 0.3 is 0 Å². The average molecular weight is 179 g/mol. The van der Waals surface area contributed by atoms with Crippen molar-refractivity contribution in [3.8, 4) is 0 Å². The Morgan fingerprint density at radius 3 is 2.62 bits per heavy atom. The van der Waals surface area contributed by atoms with Crippen molar-refractivity contribution in [3.05, 3.63) is 29.6 Å². The second-order valence-corrected chi connectivity index (χ2v) is 4.27. The predicted molar refractivity (Wildman–Crippen MR) is 53.5 cm³/mol. The zero-order chi connectivity index (χ0) is 9.90. The van der Waals surface area contributed by atoms with E-state index >= 15 is 0 Å². The number of rotatable bonds is 3. The summed E-state index contributed by atoms with van der Waals surface area (Å²) in [4.78, 5) is 4.40. The molecule has 1 aromatic heterocycles. The second-order valence-electron chi connectivity index (χ2n) is 4.27. The molecule has 0 amide bonds. The SMILES string of the molecule is Cc1cccc(CC(C)(C)CO)n1. The predicted octanol–water partition coefficient (Wildman–Crippen LogP) is 1.95. The summed E-state index contributed by atoms with van der Waals surface area (Å²) in [6, 6.07) is 5.99. The van der Waals surface area contributed by atoms with Gasteiger partial charge in [-0.25, -0.2) is 0 Å². The van der Waals surface area contributed by atoms with E-state index in [9.17, 15) is 0 Å². The fourth-order valence-corrected chi connectivity index (χ4v) is 1.24. The minimum absolute atomic E-state index is 0.0687. The lowest BCUT2D eigenvalue weighted by Gasteiger charge is -2.20. The van der Waals surface area contributed by atoms with Crippen molar-refractivity contribution in [2.24, 2.45) is 5.41 Å². The van der Waals surface area contributed by atoms with Gasteiger partial charge in [0.1, 0.15) is 0 Å². The van der Waals surface area contributed by atoms with Crippen LogP contribution in [0.5, 0.6) is 0 Å². The van der Waals surface area contributed by atoms with Gasteiger partial charge in [-0.05, 0) is 30.9 Å². The van der Waals surface area contributed by atoms with Crippen molar-refractivity contribution < 1.29 is 5.11 Å². The first-order valence-corrected chi connectivity index (χ1v) is 4.57. The molecule has 0 aliphatic rings. The molecule has 0 saturated heterocycles. The van der Waals surface area contributed by atoms with Crippen LogP contribution in [0.3, 0.4) is 0 Å². The number of hydrogen-bond acceptors (Lipinski definition) is 2. The Labute approximate surface area is 79.6 Å². The van der Waals surface area contributed by atoms with Crippen molar-refractivity contribution in [2.45, 2.75) is 27.2 Å². The molecule has 0 radical (unpaired) electrons. The van der Waals surface area contributed by atoms with E-state index in [0.717, 1.165) is 17.8 Å². The quantitative estimate of drug-likeness (QED) is 0.769. The van der Waals surface area contributed by atoms with Crippen molar-refractivity contribution >= 4 is 0 Å². The van der Waals surface area contributed by atoms with Gasteiger partial charge in [0.25, 0.3) is 0 Å². The number of pyridine rings is 1. The number of aromatic nitrogens is 1. The van der Waals surface area contributed by atoms with E-state index in [4.69, 9.17) is 5.11 Å². The van der Waals surface area contributed by atoms with Crippen molar-refractivity contribution in [3.63, 3.8) is 0 Å². The highest BCUT2D eigenvalue weighted by atomic mass is 16.3. The molecular formula is C11H17NO. The van der Waals surface area contributed by atoms with Crippen LogP contribution in [-0.2, 0) is 6.42 Å². The number of nitrogens with zero attached hydrogens (tertiary/aromatic N) is 1. The maximum Gasteiger partial charge on any atom is 0.0485 e. The van der Waals surface area contributed by atoms with Gasteiger partial charge in [-0.15, -0.1) is 0 Å². The lowest BCUT2D eigenvalue weighted by molar-refractivity contribution is 0.158. The number of aliphatic hydroxyl groups is 1. The highest BCUT2D eigenvalue weighted by Gasteiger charge is 2.17. The van der Waals surface area contributed by atoms with Gasteiger partial charge in [-0.1, -0.05) is 19.9 Å². The average Bonchev–Trinajstić information content (AvgIpc) is 2.03. The molecule has 0 atom stereocenters. The molecule has 13 heavy (non-hydrogen) atoms. The van der Waals surface area contributed by atoms with E-state index < -0.39 is 0 Å². The summed E-state index contributed by atoms with van der Waals surface area (Å²) in [5.41, 5.74) is 2.02. The normalized spacial score (nSPS) is 11.7. The molecular weight excluding hydrogens is 162 g/mol. The topological polar surface area (TPSA) is 33.1 Å². The van der Waals surface area contributed by atoms with Crippen LogP contribution >= 0.6 is 0 Å². The van der Waals surface area contributed by atoms with Crippen LogP contribution in [0.1, 0.15) is 25.2 Å². The van der Waals surface area contributed by atoms with Crippen LogP contribution in [0, 0.1) is 12.3 Å². The Bertz CT molecular complexity index is 281. The first-order chi connectivity index (χ1) is 6.03. The molecule has 0 aromatic carbocycles. The van der Waals surface area contributed by atoms with E-state index in [1.54, 1.807) is 0 Å². The van der Waals surface area contributed by atoms with Gasteiger partial charge in [0.2, 0.25) is 0 Å². The molecule has 0 aliphatic carbocycles. The Morgan fingerprint density at radius 2 is 2.08 bits per heavy atom. The maximum atomic E-state index is 9.10. The smallest absolute Gasteiger partial charge is 0.0485 e. The molecule has 0 unspecified atom stereocenters. The Kier molecular flexibility index (Phi) is 3.04. The van der Waals surface area contributed by atoms with Gasteiger partial charge in [0.05, 0.1) is 0 Å². The highest BCUT2D eigenvalue weighted by Crippen LogP contribution is 2.19. The third-order valence-corrected chi connectivity index (χ3v) is 2.03. The molecule has 0 fully saturated rings. The van der Waals surface area contributed by atoms with Gasteiger partial charge in [-0.2, -0.15) is 0 Å². The number of aryl methyl sites for hydroxylation is 1. The van der Waals surface area contributed by atoms with Gasteiger partial charge in [0.15, 0.2) is 0 Å². The standard InChI is InChI=1S/C11H17NO/c1-9-5-4-6-10(12-9)7-11(2,3)8-13/h4-6,13H,7-8H2,1-3H3. The van der Waals surface area contributed by atoms with Gasteiger partial charge < -0.3 is 5.11 Å². The Hall–Kier alpha value is -0.890. The Balaban J connectivity index is 2.74. The second kappa shape index (κ2) is 3.88. The van der Waals surface area contributed by atoms with E-state index in [1.807, 2.05) is 39.0 Å². The molecule has 1 N–H and O–H groups in total. The maximum absolute atomic E-state index is 9.10. The molecule has 2 nitrogen and oxygen atoms in total. The molecule has 72 valence electrons. The van der Waals surface area contributed by atoms with Crippen LogP contribution in [0.4, 0.5) is 0 Å². The Morgan fingerprint density at radius 1 is 1.38 bits per heavy atom. The van der Waals surface area contributed by atoms with Crippen molar-refractivity contribution in [2.75, 3.05) is 6.61 Å². The van der Waals surface area contributed by atoms with E-state index in [1.165, 1.54) is 0 Å². The summed E-state index contributed by atoms with van der Waals surface area (Å²) in [5.74, 6) is 0. The molecule has 1 rings (SSSR count). The van der Waals surface area contributed by atoms with Gasteiger partial charge in [0, 0.05) is 18.0 Å². The van der Waals surface area contributed by atoms with Crippen molar-refractivity contribution in [1.29, 1.82) is 0 Å². The molecule has 0 bridgehead atoms. The first kappa shape index (κ1) is 10.2. The first-order valence-electron chi connectivity index (χ1n) is 4.57. The van der Waals surface area contributed by atoms with Crippen LogP contribution in [0.15, 0.2) is 18.2 Å². The lowest BCUT2D eigenvalue weighted by Crippen LogP contribution is -2.20. The zero-order valence-electron chi connectivity index (χ0n) is 8.54. The fraction of sp³-hybridized carbons (Fsp3) is 0.545. The molecule has 0 aliphatic heterocycles. The summed E-state index contributed by atoms with van der Waals surface area (Å²) < 4.78 is 0. The minimum Gasteiger partial charge on any atom is -0.396 e. The van der Waals surface area contributed by atoms with E-state index in [-0.39, 0.29) is 12.0 Å². The van der Waals surface area contributed by atoms with Gasteiger partial charge in [-0.3, -0.25) is 4.98 Å².